The lowest BCUT2D eigenvalue weighted by Crippen LogP contribution is -2.35. The number of benzene rings is 1. The highest BCUT2D eigenvalue weighted by molar-refractivity contribution is 6.03. The van der Waals surface area contributed by atoms with E-state index in [0.717, 1.165) is 12.8 Å². The average Bonchev–Trinajstić information content (AvgIpc) is 2.98. The lowest BCUT2D eigenvalue weighted by Gasteiger charge is -2.15. The second kappa shape index (κ2) is 7.22. The monoisotopic (exact) mass is 289 g/mol. The molecule has 0 atom stereocenters. The molecular formula is C16H23N3O2. The number of hydrogen-bond acceptors (Lipinski definition) is 3. The molecule has 0 heterocycles. The molecule has 1 saturated carbocycles. The predicted molar refractivity (Wildman–Crippen MR) is 83.3 cm³/mol. The Balaban J connectivity index is 1.95. The molecule has 1 aliphatic rings. The van der Waals surface area contributed by atoms with Crippen molar-refractivity contribution in [3.8, 4) is 0 Å². The van der Waals surface area contributed by atoms with Gasteiger partial charge in [0, 0.05) is 20.1 Å². The van der Waals surface area contributed by atoms with Gasteiger partial charge >= 0.3 is 0 Å². The Bertz CT molecular complexity index is 508. The van der Waals surface area contributed by atoms with Gasteiger partial charge in [0.2, 0.25) is 5.91 Å². The number of carbonyl (C=O) groups is 2. The second-order valence-electron chi connectivity index (χ2n) is 5.66. The Labute approximate surface area is 125 Å². The normalized spacial score (nSPS) is 15.0. The van der Waals surface area contributed by atoms with E-state index in [4.69, 9.17) is 0 Å². The summed E-state index contributed by atoms with van der Waals surface area (Å²) >= 11 is 0. The molecule has 5 heteroatoms. The van der Waals surface area contributed by atoms with Crippen LogP contribution in [0.5, 0.6) is 0 Å². The van der Waals surface area contributed by atoms with Crippen molar-refractivity contribution in [3.63, 3.8) is 0 Å². The van der Waals surface area contributed by atoms with Gasteiger partial charge in [-0.15, -0.1) is 0 Å². The fourth-order valence-electron chi connectivity index (χ4n) is 2.58. The Hall–Kier alpha value is -1.88. The number of amides is 2. The summed E-state index contributed by atoms with van der Waals surface area (Å²) in [5, 5.41) is 6.09. The van der Waals surface area contributed by atoms with E-state index in [0.29, 0.717) is 17.3 Å². The Morgan fingerprint density at radius 3 is 2.52 bits per heavy atom. The van der Waals surface area contributed by atoms with Gasteiger partial charge in [0.1, 0.15) is 0 Å². The number of nitrogens with one attached hydrogen (secondary N) is 2. The zero-order valence-electron chi connectivity index (χ0n) is 12.7. The summed E-state index contributed by atoms with van der Waals surface area (Å²) in [6.45, 7) is 0.287. The zero-order chi connectivity index (χ0) is 15.2. The van der Waals surface area contributed by atoms with Crippen molar-refractivity contribution < 1.29 is 9.59 Å². The highest BCUT2D eigenvalue weighted by Gasteiger charge is 2.17. The van der Waals surface area contributed by atoms with Gasteiger partial charge in [0.25, 0.3) is 5.91 Å². The molecule has 1 aromatic rings. The summed E-state index contributed by atoms with van der Waals surface area (Å²) in [6.07, 6.45) is 4.75. The van der Waals surface area contributed by atoms with Gasteiger partial charge in [-0.25, -0.2) is 0 Å². The first-order chi connectivity index (χ1) is 10.1. The van der Waals surface area contributed by atoms with Crippen LogP contribution in [-0.2, 0) is 4.79 Å². The standard InChI is InChI=1S/C16H23N3O2/c1-19(2)16(21)13-9-5-6-10-14(13)18-15(20)11-17-12-7-3-4-8-12/h5-6,9-10,12,17H,3-4,7-8,11H2,1-2H3,(H,18,20). The maximum Gasteiger partial charge on any atom is 0.255 e. The highest BCUT2D eigenvalue weighted by atomic mass is 16.2. The predicted octanol–water partition coefficient (Wildman–Crippen LogP) is 1.86. The molecular weight excluding hydrogens is 266 g/mol. The van der Waals surface area contributed by atoms with Crippen molar-refractivity contribution in [1.82, 2.24) is 10.2 Å². The number of hydrogen-bond donors (Lipinski definition) is 2. The second-order valence-corrected chi connectivity index (χ2v) is 5.66. The van der Waals surface area contributed by atoms with Crippen LogP contribution in [0, 0.1) is 0 Å². The summed E-state index contributed by atoms with van der Waals surface area (Å²) in [7, 11) is 3.39. The van der Waals surface area contributed by atoms with Crippen molar-refractivity contribution in [2.24, 2.45) is 0 Å². The first kappa shape index (κ1) is 15.5. The molecule has 2 N–H and O–H groups in total. The zero-order valence-corrected chi connectivity index (χ0v) is 12.7. The smallest absolute Gasteiger partial charge is 0.255 e. The topological polar surface area (TPSA) is 61.4 Å². The minimum atomic E-state index is -0.116. The summed E-state index contributed by atoms with van der Waals surface area (Å²) in [5.74, 6) is -0.226. The van der Waals surface area contributed by atoms with Gasteiger partial charge in [-0.2, -0.15) is 0 Å². The van der Waals surface area contributed by atoms with Crippen LogP contribution in [0.3, 0.4) is 0 Å². The summed E-state index contributed by atoms with van der Waals surface area (Å²) in [5.41, 5.74) is 1.08. The van der Waals surface area contributed by atoms with E-state index < -0.39 is 0 Å². The molecule has 0 aliphatic heterocycles. The van der Waals surface area contributed by atoms with Crippen LogP contribution in [0.15, 0.2) is 24.3 Å². The number of carbonyl (C=O) groups excluding carboxylic acids is 2. The van der Waals surface area contributed by atoms with Crippen LogP contribution in [0.2, 0.25) is 0 Å². The fourth-order valence-corrected chi connectivity index (χ4v) is 2.58. The lowest BCUT2D eigenvalue weighted by molar-refractivity contribution is -0.115. The van der Waals surface area contributed by atoms with Crippen LogP contribution < -0.4 is 10.6 Å². The molecule has 2 rings (SSSR count). The number of rotatable bonds is 5. The number of para-hydroxylation sites is 1. The maximum atomic E-state index is 12.1. The summed E-state index contributed by atoms with van der Waals surface area (Å²) in [6, 6.07) is 7.54. The van der Waals surface area contributed by atoms with Crippen LogP contribution in [0.1, 0.15) is 36.0 Å². The number of nitrogens with zero attached hydrogens (tertiary/aromatic N) is 1. The average molecular weight is 289 g/mol. The minimum absolute atomic E-state index is 0.110. The molecule has 1 fully saturated rings. The molecule has 0 saturated heterocycles. The third kappa shape index (κ3) is 4.29. The van der Waals surface area contributed by atoms with Crippen LogP contribution >= 0.6 is 0 Å². The minimum Gasteiger partial charge on any atom is -0.345 e. The van der Waals surface area contributed by atoms with E-state index in [-0.39, 0.29) is 18.4 Å². The molecule has 0 radical (unpaired) electrons. The first-order valence-corrected chi connectivity index (χ1v) is 7.42. The van der Waals surface area contributed by atoms with Crippen molar-refractivity contribution in [1.29, 1.82) is 0 Å². The molecule has 0 aromatic heterocycles. The highest BCUT2D eigenvalue weighted by Crippen LogP contribution is 2.18. The van der Waals surface area contributed by atoms with Crippen molar-refractivity contribution in [2.45, 2.75) is 31.7 Å². The van der Waals surface area contributed by atoms with E-state index in [1.165, 1.54) is 17.7 Å². The number of anilines is 1. The molecule has 0 unspecified atom stereocenters. The van der Waals surface area contributed by atoms with Gasteiger partial charge < -0.3 is 15.5 Å². The van der Waals surface area contributed by atoms with Gasteiger partial charge in [-0.3, -0.25) is 9.59 Å². The third-order valence-electron chi connectivity index (χ3n) is 3.74. The van der Waals surface area contributed by atoms with Crippen molar-refractivity contribution in [3.05, 3.63) is 29.8 Å². The van der Waals surface area contributed by atoms with Crippen LogP contribution in [-0.4, -0.2) is 43.4 Å². The van der Waals surface area contributed by atoms with Crippen molar-refractivity contribution in [2.75, 3.05) is 26.0 Å². The molecule has 0 spiro atoms. The van der Waals surface area contributed by atoms with E-state index in [1.54, 1.807) is 32.3 Å². The largest absolute Gasteiger partial charge is 0.345 e. The molecule has 2 amide bonds. The molecule has 1 aromatic carbocycles. The van der Waals surface area contributed by atoms with E-state index in [9.17, 15) is 9.59 Å². The SMILES string of the molecule is CN(C)C(=O)c1ccccc1NC(=O)CNC1CCCC1. The van der Waals surface area contributed by atoms with Crippen molar-refractivity contribution >= 4 is 17.5 Å². The molecule has 1 aliphatic carbocycles. The molecule has 21 heavy (non-hydrogen) atoms. The maximum absolute atomic E-state index is 12.1. The molecule has 114 valence electrons. The Morgan fingerprint density at radius 2 is 1.86 bits per heavy atom. The summed E-state index contributed by atoms with van der Waals surface area (Å²) < 4.78 is 0. The van der Waals surface area contributed by atoms with Gasteiger partial charge in [0.15, 0.2) is 0 Å². The van der Waals surface area contributed by atoms with Crippen LogP contribution in [0.4, 0.5) is 5.69 Å². The summed E-state index contributed by atoms with van der Waals surface area (Å²) in [4.78, 5) is 25.6. The fraction of sp³-hybridized carbons (Fsp3) is 0.500. The van der Waals surface area contributed by atoms with E-state index >= 15 is 0 Å². The van der Waals surface area contributed by atoms with Crippen LogP contribution in [0.25, 0.3) is 0 Å². The van der Waals surface area contributed by atoms with E-state index in [1.807, 2.05) is 6.07 Å². The lowest BCUT2D eigenvalue weighted by atomic mass is 10.1. The van der Waals surface area contributed by atoms with E-state index in [2.05, 4.69) is 10.6 Å². The Kier molecular flexibility index (Phi) is 5.33. The molecule has 5 nitrogen and oxygen atoms in total. The molecule has 0 bridgehead atoms. The first-order valence-electron chi connectivity index (χ1n) is 7.42. The van der Waals surface area contributed by atoms with Gasteiger partial charge in [-0.05, 0) is 25.0 Å². The van der Waals surface area contributed by atoms with Gasteiger partial charge in [0.05, 0.1) is 17.8 Å². The van der Waals surface area contributed by atoms with Gasteiger partial charge in [-0.1, -0.05) is 25.0 Å². The Morgan fingerprint density at radius 1 is 1.19 bits per heavy atom. The third-order valence-corrected chi connectivity index (χ3v) is 3.74. The quantitative estimate of drug-likeness (QED) is 0.870.